The van der Waals surface area contributed by atoms with Crippen molar-refractivity contribution in [1.82, 2.24) is 20.0 Å². The first kappa shape index (κ1) is 21.8. The number of likely N-dealkylation sites (N-methyl/N-ethyl adjacent to an activating group) is 1. The minimum absolute atomic E-state index is 0.165. The van der Waals surface area contributed by atoms with Crippen molar-refractivity contribution in [2.45, 2.75) is 57.0 Å². The van der Waals surface area contributed by atoms with Gasteiger partial charge in [0.1, 0.15) is 0 Å². The summed E-state index contributed by atoms with van der Waals surface area (Å²) in [6.45, 7) is 7.17. The van der Waals surface area contributed by atoms with Crippen molar-refractivity contribution in [3.05, 3.63) is 35.9 Å². The average Bonchev–Trinajstić information content (AvgIpc) is 2.79. The van der Waals surface area contributed by atoms with Crippen LogP contribution in [0.4, 0.5) is 0 Å². The third-order valence-electron chi connectivity index (χ3n) is 7.49. The zero-order chi connectivity index (χ0) is 20.8. The van der Waals surface area contributed by atoms with Gasteiger partial charge in [-0.2, -0.15) is 0 Å². The number of nitrogens with zero attached hydrogens (tertiary/aromatic N) is 3. The standard InChI is InChI=1S/C25H40N4O/c1-27-14-8-13-23(19-27)29-17-15-28(16-18-29)20-24(30)26-25(21-9-4-2-5-10-21)22-11-6-3-7-12-22/h2,4-5,9-10,22-23,25H,3,6-8,11-20H2,1H3,(H,26,30). The summed E-state index contributed by atoms with van der Waals surface area (Å²) in [5.74, 6) is 0.769. The Morgan fingerprint density at radius 3 is 2.40 bits per heavy atom. The molecule has 1 saturated carbocycles. The Labute approximate surface area is 182 Å². The molecule has 0 spiro atoms. The smallest absolute Gasteiger partial charge is 0.234 e. The lowest BCUT2D eigenvalue weighted by Crippen LogP contribution is -2.55. The summed E-state index contributed by atoms with van der Waals surface area (Å²) in [7, 11) is 2.24. The molecule has 166 valence electrons. The van der Waals surface area contributed by atoms with E-state index in [1.54, 1.807) is 0 Å². The number of piperidine rings is 1. The van der Waals surface area contributed by atoms with Gasteiger partial charge in [-0.15, -0.1) is 0 Å². The molecular formula is C25H40N4O. The van der Waals surface area contributed by atoms with E-state index in [-0.39, 0.29) is 11.9 Å². The van der Waals surface area contributed by atoms with E-state index in [1.165, 1.54) is 63.6 Å². The highest BCUT2D eigenvalue weighted by Gasteiger charge is 2.29. The second kappa shape index (κ2) is 10.7. The Hall–Kier alpha value is -1.43. The lowest BCUT2D eigenvalue weighted by Gasteiger charge is -2.42. The van der Waals surface area contributed by atoms with Crippen LogP contribution >= 0.6 is 0 Å². The number of carbonyl (C=O) groups excluding carboxylic acids is 1. The van der Waals surface area contributed by atoms with E-state index in [0.717, 1.165) is 26.2 Å². The molecular weight excluding hydrogens is 372 g/mol. The molecule has 2 aliphatic heterocycles. The predicted molar refractivity (Wildman–Crippen MR) is 122 cm³/mol. The van der Waals surface area contributed by atoms with Gasteiger partial charge >= 0.3 is 0 Å². The van der Waals surface area contributed by atoms with E-state index in [2.05, 4.69) is 57.4 Å². The minimum atomic E-state index is 0.165. The van der Waals surface area contributed by atoms with Gasteiger partial charge < -0.3 is 10.2 Å². The first-order valence-electron chi connectivity index (χ1n) is 12.2. The van der Waals surface area contributed by atoms with Crippen LogP contribution in [-0.2, 0) is 4.79 Å². The van der Waals surface area contributed by atoms with Crippen LogP contribution in [0.2, 0.25) is 0 Å². The van der Waals surface area contributed by atoms with Gasteiger partial charge in [0.15, 0.2) is 0 Å². The predicted octanol–water partition coefficient (Wildman–Crippen LogP) is 3.14. The second-order valence-corrected chi connectivity index (χ2v) is 9.72. The largest absolute Gasteiger partial charge is 0.348 e. The Morgan fingerprint density at radius 1 is 0.967 bits per heavy atom. The van der Waals surface area contributed by atoms with Crippen molar-refractivity contribution in [3.63, 3.8) is 0 Å². The minimum Gasteiger partial charge on any atom is -0.348 e. The zero-order valence-electron chi connectivity index (χ0n) is 18.8. The highest BCUT2D eigenvalue weighted by Crippen LogP contribution is 2.34. The summed E-state index contributed by atoms with van der Waals surface area (Å²) in [6, 6.07) is 11.5. The number of nitrogens with one attached hydrogen (secondary N) is 1. The van der Waals surface area contributed by atoms with Gasteiger partial charge in [0.25, 0.3) is 0 Å². The molecule has 30 heavy (non-hydrogen) atoms. The Morgan fingerprint density at radius 2 is 1.70 bits per heavy atom. The molecule has 5 nitrogen and oxygen atoms in total. The Balaban J connectivity index is 1.28. The molecule has 2 unspecified atom stereocenters. The van der Waals surface area contributed by atoms with Gasteiger partial charge in [0, 0.05) is 38.8 Å². The van der Waals surface area contributed by atoms with Gasteiger partial charge in [0.05, 0.1) is 12.6 Å². The zero-order valence-corrected chi connectivity index (χ0v) is 18.8. The van der Waals surface area contributed by atoms with Crippen LogP contribution in [0.1, 0.15) is 56.6 Å². The topological polar surface area (TPSA) is 38.8 Å². The Kier molecular flexibility index (Phi) is 7.80. The molecule has 5 heteroatoms. The van der Waals surface area contributed by atoms with Crippen molar-refractivity contribution in [2.24, 2.45) is 5.92 Å². The number of benzene rings is 1. The first-order valence-corrected chi connectivity index (χ1v) is 12.2. The number of hydrogen-bond acceptors (Lipinski definition) is 4. The molecule has 2 atom stereocenters. The molecule has 4 rings (SSSR count). The van der Waals surface area contributed by atoms with Crippen molar-refractivity contribution in [2.75, 3.05) is 52.9 Å². The fraction of sp³-hybridized carbons (Fsp3) is 0.720. The van der Waals surface area contributed by atoms with Crippen LogP contribution in [0.5, 0.6) is 0 Å². The van der Waals surface area contributed by atoms with Crippen LogP contribution in [0.3, 0.4) is 0 Å². The van der Waals surface area contributed by atoms with Gasteiger partial charge in [-0.25, -0.2) is 0 Å². The normalized spacial score (nSPS) is 26.4. The average molecular weight is 413 g/mol. The van der Waals surface area contributed by atoms with Gasteiger partial charge in [0.2, 0.25) is 5.91 Å². The van der Waals surface area contributed by atoms with E-state index in [0.29, 0.717) is 18.5 Å². The molecule has 1 aromatic carbocycles. The molecule has 0 radical (unpaired) electrons. The quantitative estimate of drug-likeness (QED) is 0.779. The molecule has 3 aliphatic rings. The number of piperazine rings is 1. The molecule has 2 saturated heterocycles. The fourth-order valence-electron chi connectivity index (χ4n) is 5.75. The highest BCUT2D eigenvalue weighted by atomic mass is 16.2. The highest BCUT2D eigenvalue weighted by molar-refractivity contribution is 5.78. The summed E-state index contributed by atoms with van der Waals surface area (Å²) >= 11 is 0. The van der Waals surface area contributed by atoms with Crippen LogP contribution in [0, 0.1) is 5.92 Å². The van der Waals surface area contributed by atoms with E-state index >= 15 is 0 Å². The molecule has 0 bridgehead atoms. The van der Waals surface area contributed by atoms with Crippen molar-refractivity contribution < 1.29 is 4.79 Å². The van der Waals surface area contributed by atoms with Crippen molar-refractivity contribution in [3.8, 4) is 0 Å². The van der Waals surface area contributed by atoms with E-state index in [9.17, 15) is 4.79 Å². The molecule has 0 aromatic heterocycles. The van der Waals surface area contributed by atoms with E-state index in [1.807, 2.05) is 0 Å². The van der Waals surface area contributed by atoms with Gasteiger partial charge in [-0.3, -0.25) is 14.6 Å². The maximum atomic E-state index is 13.0. The monoisotopic (exact) mass is 412 g/mol. The maximum Gasteiger partial charge on any atom is 0.234 e. The SMILES string of the molecule is CN1CCCC(N2CCN(CC(=O)NC(c3ccccc3)C3CCCCC3)CC2)C1. The van der Waals surface area contributed by atoms with E-state index < -0.39 is 0 Å². The number of amides is 1. The molecule has 1 N–H and O–H groups in total. The molecule has 2 heterocycles. The summed E-state index contributed by atoms with van der Waals surface area (Å²) in [5.41, 5.74) is 1.27. The number of hydrogen-bond donors (Lipinski definition) is 1. The van der Waals surface area contributed by atoms with Crippen LogP contribution in [0.15, 0.2) is 30.3 Å². The lowest BCUT2D eigenvalue weighted by atomic mass is 9.81. The molecule has 3 fully saturated rings. The molecule has 1 aromatic rings. The van der Waals surface area contributed by atoms with Crippen LogP contribution in [-0.4, -0.2) is 79.5 Å². The second-order valence-electron chi connectivity index (χ2n) is 9.72. The Bertz CT molecular complexity index is 652. The third-order valence-corrected chi connectivity index (χ3v) is 7.49. The first-order chi connectivity index (χ1) is 14.7. The number of carbonyl (C=O) groups is 1. The number of likely N-dealkylation sites (tertiary alicyclic amines) is 1. The third kappa shape index (κ3) is 5.83. The summed E-state index contributed by atoms with van der Waals surface area (Å²) in [4.78, 5) is 20.5. The van der Waals surface area contributed by atoms with Gasteiger partial charge in [-0.05, 0) is 50.8 Å². The lowest BCUT2D eigenvalue weighted by molar-refractivity contribution is -0.124. The van der Waals surface area contributed by atoms with Crippen molar-refractivity contribution >= 4 is 5.91 Å². The van der Waals surface area contributed by atoms with Gasteiger partial charge in [-0.1, -0.05) is 49.6 Å². The van der Waals surface area contributed by atoms with Crippen LogP contribution < -0.4 is 5.32 Å². The fourth-order valence-corrected chi connectivity index (χ4v) is 5.75. The summed E-state index contributed by atoms with van der Waals surface area (Å²) in [6.07, 6.45) is 9.02. The summed E-state index contributed by atoms with van der Waals surface area (Å²) in [5, 5.41) is 3.43. The maximum absolute atomic E-state index is 13.0. The van der Waals surface area contributed by atoms with Crippen molar-refractivity contribution in [1.29, 1.82) is 0 Å². The van der Waals surface area contributed by atoms with Crippen LogP contribution in [0.25, 0.3) is 0 Å². The molecule has 1 amide bonds. The number of rotatable bonds is 6. The summed E-state index contributed by atoms with van der Waals surface area (Å²) < 4.78 is 0. The van der Waals surface area contributed by atoms with E-state index in [4.69, 9.17) is 0 Å². The molecule has 1 aliphatic carbocycles.